The van der Waals surface area contributed by atoms with E-state index in [1.807, 2.05) is 6.07 Å². The number of hydrogen-bond acceptors (Lipinski definition) is 3. The molecular formula is C10H10FN3. The van der Waals surface area contributed by atoms with Crippen molar-refractivity contribution in [3.8, 4) is 6.07 Å². The molecule has 2 rings (SSSR count). The van der Waals surface area contributed by atoms with Gasteiger partial charge in [0.2, 0.25) is 0 Å². The molecule has 0 amide bonds. The van der Waals surface area contributed by atoms with Crippen LogP contribution >= 0.6 is 0 Å². The van der Waals surface area contributed by atoms with Gasteiger partial charge in [0.1, 0.15) is 6.07 Å². The largest absolute Gasteiger partial charge is 0.313 e. The Bertz CT molecular complexity index is 377. The van der Waals surface area contributed by atoms with Crippen molar-refractivity contribution in [2.45, 2.75) is 12.1 Å². The highest BCUT2D eigenvalue weighted by molar-refractivity contribution is 5.32. The molecule has 1 aromatic heterocycles. The molecule has 72 valence electrons. The third kappa shape index (κ3) is 1.47. The summed E-state index contributed by atoms with van der Waals surface area (Å²) < 4.78 is 14.1. The Morgan fingerprint density at radius 2 is 2.43 bits per heavy atom. The van der Waals surface area contributed by atoms with E-state index < -0.39 is 5.67 Å². The van der Waals surface area contributed by atoms with Gasteiger partial charge < -0.3 is 5.32 Å². The van der Waals surface area contributed by atoms with Crippen LogP contribution in [0.1, 0.15) is 17.5 Å². The monoisotopic (exact) mass is 191 g/mol. The molecule has 0 aliphatic carbocycles. The Kier molecular flexibility index (Phi) is 2.18. The zero-order valence-electron chi connectivity index (χ0n) is 7.63. The number of alkyl halides is 1. The average molecular weight is 191 g/mol. The molecule has 1 unspecified atom stereocenters. The molecule has 0 spiro atoms. The number of nitrogens with one attached hydrogen (secondary N) is 1. The third-order valence-corrected chi connectivity index (χ3v) is 2.49. The highest BCUT2D eigenvalue weighted by Crippen LogP contribution is 2.31. The van der Waals surface area contributed by atoms with Gasteiger partial charge in [-0.05, 0) is 19.0 Å². The first-order valence-corrected chi connectivity index (χ1v) is 4.50. The van der Waals surface area contributed by atoms with Crippen molar-refractivity contribution in [1.29, 1.82) is 5.26 Å². The van der Waals surface area contributed by atoms with Gasteiger partial charge in [-0.25, -0.2) is 4.39 Å². The van der Waals surface area contributed by atoms with E-state index in [4.69, 9.17) is 5.26 Å². The fourth-order valence-electron chi connectivity index (χ4n) is 1.65. The van der Waals surface area contributed by atoms with Crippen molar-refractivity contribution >= 4 is 0 Å². The molecule has 0 bridgehead atoms. The summed E-state index contributed by atoms with van der Waals surface area (Å²) in [7, 11) is 0. The quantitative estimate of drug-likeness (QED) is 0.723. The van der Waals surface area contributed by atoms with Crippen LogP contribution in [0.5, 0.6) is 0 Å². The summed E-state index contributed by atoms with van der Waals surface area (Å²) in [6.07, 6.45) is 3.38. The van der Waals surface area contributed by atoms with E-state index in [-0.39, 0.29) is 0 Å². The van der Waals surface area contributed by atoms with Crippen LogP contribution in [-0.4, -0.2) is 18.1 Å². The van der Waals surface area contributed by atoms with E-state index in [0.717, 1.165) is 0 Å². The fourth-order valence-corrected chi connectivity index (χ4v) is 1.65. The highest BCUT2D eigenvalue weighted by Gasteiger charge is 2.35. The number of pyridine rings is 1. The lowest BCUT2D eigenvalue weighted by Gasteiger charge is -2.17. The summed E-state index contributed by atoms with van der Waals surface area (Å²) in [5.74, 6) is 0. The topological polar surface area (TPSA) is 48.7 Å². The molecule has 1 N–H and O–H groups in total. The van der Waals surface area contributed by atoms with Crippen molar-refractivity contribution < 1.29 is 4.39 Å². The molecule has 1 aromatic rings. The number of aromatic nitrogens is 1. The SMILES string of the molecule is N#Cc1cncc(C2(F)CCNC2)c1. The molecule has 1 aliphatic heterocycles. The van der Waals surface area contributed by atoms with Crippen molar-refractivity contribution in [1.82, 2.24) is 10.3 Å². The summed E-state index contributed by atoms with van der Waals surface area (Å²) in [4.78, 5) is 3.85. The molecule has 1 saturated heterocycles. The Labute approximate surface area is 81.6 Å². The first kappa shape index (κ1) is 9.10. The van der Waals surface area contributed by atoms with E-state index in [2.05, 4.69) is 10.3 Å². The van der Waals surface area contributed by atoms with Gasteiger partial charge in [-0.15, -0.1) is 0 Å². The number of rotatable bonds is 1. The minimum Gasteiger partial charge on any atom is -0.313 e. The van der Waals surface area contributed by atoms with Crippen molar-refractivity contribution in [3.05, 3.63) is 29.6 Å². The lowest BCUT2D eigenvalue weighted by Crippen LogP contribution is -2.23. The molecule has 2 heterocycles. The van der Waals surface area contributed by atoms with Crippen LogP contribution in [-0.2, 0) is 5.67 Å². The van der Waals surface area contributed by atoms with Crippen molar-refractivity contribution in [2.75, 3.05) is 13.1 Å². The predicted molar refractivity (Wildman–Crippen MR) is 49.2 cm³/mol. The minimum atomic E-state index is -1.35. The molecule has 1 fully saturated rings. The van der Waals surface area contributed by atoms with Gasteiger partial charge >= 0.3 is 0 Å². The van der Waals surface area contributed by atoms with Crippen LogP contribution in [0.3, 0.4) is 0 Å². The first-order valence-electron chi connectivity index (χ1n) is 4.50. The zero-order valence-corrected chi connectivity index (χ0v) is 7.63. The van der Waals surface area contributed by atoms with Crippen molar-refractivity contribution in [2.24, 2.45) is 0 Å². The van der Waals surface area contributed by atoms with Crippen LogP contribution < -0.4 is 5.32 Å². The van der Waals surface area contributed by atoms with Gasteiger partial charge in [-0.2, -0.15) is 5.26 Å². The van der Waals surface area contributed by atoms with Crippen LogP contribution in [0.25, 0.3) is 0 Å². The van der Waals surface area contributed by atoms with Gasteiger partial charge in [-0.3, -0.25) is 4.98 Å². The lowest BCUT2D eigenvalue weighted by atomic mass is 9.96. The smallest absolute Gasteiger partial charge is 0.151 e. The highest BCUT2D eigenvalue weighted by atomic mass is 19.1. The molecular weight excluding hydrogens is 181 g/mol. The Morgan fingerprint density at radius 3 is 3.07 bits per heavy atom. The van der Waals surface area contributed by atoms with Gasteiger partial charge in [0, 0.05) is 24.5 Å². The minimum absolute atomic E-state index is 0.309. The molecule has 4 heteroatoms. The Hall–Kier alpha value is -1.47. The molecule has 14 heavy (non-hydrogen) atoms. The second kappa shape index (κ2) is 3.35. The second-order valence-electron chi connectivity index (χ2n) is 3.47. The summed E-state index contributed by atoms with van der Waals surface area (Å²) in [5.41, 5.74) is -0.437. The predicted octanol–water partition coefficient (Wildman–Crippen LogP) is 1.11. The maximum Gasteiger partial charge on any atom is 0.151 e. The maximum absolute atomic E-state index is 14.1. The van der Waals surface area contributed by atoms with Crippen LogP contribution in [0.4, 0.5) is 4.39 Å². The van der Waals surface area contributed by atoms with Gasteiger partial charge in [0.25, 0.3) is 0 Å². The van der Waals surface area contributed by atoms with Gasteiger partial charge in [0.15, 0.2) is 5.67 Å². The van der Waals surface area contributed by atoms with E-state index >= 15 is 0 Å². The van der Waals surface area contributed by atoms with E-state index in [0.29, 0.717) is 30.6 Å². The number of nitriles is 1. The van der Waals surface area contributed by atoms with Crippen LogP contribution in [0, 0.1) is 11.3 Å². The van der Waals surface area contributed by atoms with Crippen LogP contribution in [0.15, 0.2) is 18.5 Å². The number of halogens is 1. The Morgan fingerprint density at radius 1 is 1.57 bits per heavy atom. The fraction of sp³-hybridized carbons (Fsp3) is 0.400. The molecule has 3 nitrogen and oxygen atoms in total. The van der Waals surface area contributed by atoms with E-state index in [1.54, 1.807) is 6.07 Å². The maximum atomic E-state index is 14.1. The summed E-state index contributed by atoms with van der Waals surface area (Å²) >= 11 is 0. The normalized spacial score (nSPS) is 26.0. The van der Waals surface area contributed by atoms with E-state index in [9.17, 15) is 4.39 Å². The van der Waals surface area contributed by atoms with Gasteiger partial charge in [0.05, 0.1) is 5.56 Å². The summed E-state index contributed by atoms with van der Waals surface area (Å²) in [5, 5.41) is 11.6. The van der Waals surface area contributed by atoms with Crippen LogP contribution in [0.2, 0.25) is 0 Å². The number of hydrogen-bond donors (Lipinski definition) is 1. The second-order valence-corrected chi connectivity index (χ2v) is 3.47. The van der Waals surface area contributed by atoms with E-state index in [1.165, 1.54) is 12.4 Å². The molecule has 1 atom stereocenters. The van der Waals surface area contributed by atoms with Crippen molar-refractivity contribution in [3.63, 3.8) is 0 Å². The lowest BCUT2D eigenvalue weighted by molar-refractivity contribution is 0.193. The third-order valence-electron chi connectivity index (χ3n) is 2.49. The average Bonchev–Trinajstić information content (AvgIpc) is 2.67. The summed E-state index contributed by atoms with van der Waals surface area (Å²) in [6.45, 7) is 0.983. The molecule has 0 radical (unpaired) electrons. The molecule has 0 saturated carbocycles. The Balaban J connectivity index is 2.36. The number of nitrogens with zero attached hydrogens (tertiary/aromatic N) is 2. The first-order chi connectivity index (χ1) is 6.74. The summed E-state index contributed by atoms with van der Waals surface area (Å²) in [6, 6.07) is 3.53. The van der Waals surface area contributed by atoms with Gasteiger partial charge in [-0.1, -0.05) is 0 Å². The molecule has 0 aromatic carbocycles. The standard InChI is InChI=1S/C10H10FN3/c11-10(1-2-13-7-10)9-3-8(4-12)5-14-6-9/h3,5-6,13H,1-2,7H2. The molecule has 1 aliphatic rings. The zero-order chi connectivity index (χ0) is 10.0.